The van der Waals surface area contributed by atoms with Crippen molar-refractivity contribution in [3.8, 4) is 5.69 Å². The fourth-order valence-corrected chi connectivity index (χ4v) is 4.76. The molecule has 1 aliphatic rings. The van der Waals surface area contributed by atoms with Gasteiger partial charge >= 0.3 is 0 Å². The molecule has 0 unspecified atom stereocenters. The van der Waals surface area contributed by atoms with Crippen molar-refractivity contribution in [3.63, 3.8) is 0 Å². The predicted octanol–water partition coefficient (Wildman–Crippen LogP) is 4.55. The van der Waals surface area contributed by atoms with Crippen molar-refractivity contribution in [3.05, 3.63) is 122 Å². The number of para-hydroxylation sites is 2. The Morgan fingerprint density at radius 3 is 2.19 bits per heavy atom. The second-order valence-corrected chi connectivity index (χ2v) is 8.66. The molecule has 0 fully saturated rings. The summed E-state index contributed by atoms with van der Waals surface area (Å²) in [6.45, 7) is 3.51. The van der Waals surface area contributed by atoms with Gasteiger partial charge in [0, 0.05) is 35.0 Å². The lowest BCUT2D eigenvalue weighted by molar-refractivity contribution is -0.384. The number of hydrogen-bond donors (Lipinski definition) is 1. The van der Waals surface area contributed by atoms with E-state index in [1.807, 2.05) is 36.4 Å². The van der Waals surface area contributed by atoms with E-state index in [-0.39, 0.29) is 17.2 Å². The topological polar surface area (TPSA) is 114 Å². The Labute approximate surface area is 206 Å². The Morgan fingerprint density at radius 2 is 1.56 bits per heavy atom. The van der Waals surface area contributed by atoms with Crippen molar-refractivity contribution in [1.29, 1.82) is 0 Å². The molecule has 9 heteroatoms. The van der Waals surface area contributed by atoms with Gasteiger partial charge in [0.1, 0.15) is 0 Å². The molecule has 1 aromatic heterocycles. The molecule has 0 spiro atoms. The van der Waals surface area contributed by atoms with Crippen LogP contribution in [0.15, 0.2) is 94.8 Å². The lowest BCUT2D eigenvalue weighted by Gasteiger charge is -2.23. The number of nitrogens with one attached hydrogen (secondary N) is 1. The summed E-state index contributed by atoms with van der Waals surface area (Å²) in [5, 5.41) is 20.5. The Hall–Kier alpha value is -4.79. The van der Waals surface area contributed by atoms with Gasteiger partial charge in [-0.15, -0.1) is 0 Å². The molecule has 0 radical (unpaired) electrons. The van der Waals surface area contributed by atoms with Crippen molar-refractivity contribution in [1.82, 2.24) is 9.78 Å². The van der Waals surface area contributed by atoms with Crippen LogP contribution in [0, 0.1) is 23.0 Å². The minimum atomic E-state index is -0.821. The van der Waals surface area contributed by atoms with Crippen molar-refractivity contribution in [2.75, 3.05) is 5.01 Å². The lowest BCUT2D eigenvalue weighted by Crippen LogP contribution is -2.34. The number of nitro groups is 1. The summed E-state index contributed by atoms with van der Waals surface area (Å²) in [6.07, 6.45) is 0. The summed E-state index contributed by atoms with van der Waals surface area (Å²) >= 11 is 0. The molecule has 0 bridgehead atoms. The number of hydrazone groups is 1. The van der Waals surface area contributed by atoms with E-state index < -0.39 is 16.8 Å². The lowest BCUT2D eigenvalue weighted by atomic mass is 9.78. The molecule has 1 aliphatic heterocycles. The Balaban J connectivity index is 1.69. The van der Waals surface area contributed by atoms with E-state index in [0.29, 0.717) is 33.9 Å². The van der Waals surface area contributed by atoms with Crippen LogP contribution >= 0.6 is 0 Å². The van der Waals surface area contributed by atoms with Gasteiger partial charge in [-0.2, -0.15) is 5.10 Å². The number of hydrogen-bond acceptors (Lipinski definition) is 5. The number of carbonyl (C=O) groups excluding carboxylic acids is 1. The Kier molecular flexibility index (Phi) is 5.81. The smallest absolute Gasteiger partial charge is 0.275 e. The molecule has 180 valence electrons. The van der Waals surface area contributed by atoms with Crippen LogP contribution < -0.4 is 10.6 Å². The third kappa shape index (κ3) is 3.90. The minimum Gasteiger partial charge on any atom is -0.295 e. The second kappa shape index (κ2) is 9.10. The molecule has 0 aliphatic carbocycles. The number of rotatable bonds is 6. The number of carbonyl (C=O) groups is 1. The number of aromatic amines is 1. The predicted molar refractivity (Wildman–Crippen MR) is 137 cm³/mol. The van der Waals surface area contributed by atoms with Gasteiger partial charge < -0.3 is 0 Å². The van der Waals surface area contributed by atoms with Crippen LogP contribution in [-0.2, 0) is 4.79 Å². The molecule has 2 atom stereocenters. The van der Waals surface area contributed by atoms with Gasteiger partial charge in [-0.3, -0.25) is 24.8 Å². The van der Waals surface area contributed by atoms with Crippen molar-refractivity contribution >= 4 is 23.0 Å². The molecule has 1 N–H and O–H groups in total. The van der Waals surface area contributed by atoms with E-state index in [1.54, 1.807) is 50.2 Å². The van der Waals surface area contributed by atoms with Gasteiger partial charge in [-0.1, -0.05) is 48.5 Å². The number of H-pyrrole nitrogens is 1. The van der Waals surface area contributed by atoms with Crippen molar-refractivity contribution < 1.29 is 9.72 Å². The van der Waals surface area contributed by atoms with Crippen LogP contribution in [-0.4, -0.2) is 26.3 Å². The van der Waals surface area contributed by atoms with Crippen molar-refractivity contribution in [2.24, 2.45) is 11.0 Å². The molecule has 0 saturated carbocycles. The summed E-state index contributed by atoms with van der Waals surface area (Å²) in [5.74, 6) is -1.91. The molecule has 3 aromatic carbocycles. The highest BCUT2D eigenvalue weighted by Gasteiger charge is 2.43. The number of aryl methyl sites for hydroxylation is 1. The summed E-state index contributed by atoms with van der Waals surface area (Å²) in [6, 6.07) is 24.2. The maximum Gasteiger partial charge on any atom is 0.275 e. The van der Waals surface area contributed by atoms with Crippen LogP contribution in [0.5, 0.6) is 0 Å². The standard InChI is InChI=1S/C27H23N5O4/c1-17-23(26(33)30(28-17)20-11-5-3-6-12-20)25(19-10-9-15-22(16-19)32(35)36)24-18(2)29-31(27(24)34)21-13-7-4-8-14-21/h3-16,23,25,29H,1-2H3/t23-,25+/m0/s1. The van der Waals surface area contributed by atoms with Gasteiger partial charge in [-0.05, 0) is 43.7 Å². The number of amides is 1. The van der Waals surface area contributed by atoms with Gasteiger partial charge in [0.15, 0.2) is 0 Å². The Bertz CT molecular complexity index is 1540. The average molecular weight is 482 g/mol. The van der Waals surface area contributed by atoms with E-state index in [4.69, 9.17) is 0 Å². The molecular formula is C27H23N5O4. The molecule has 2 heterocycles. The van der Waals surface area contributed by atoms with Crippen molar-refractivity contribution in [2.45, 2.75) is 19.8 Å². The number of benzene rings is 3. The van der Waals surface area contributed by atoms with Gasteiger partial charge in [0.25, 0.3) is 17.2 Å². The quantitative estimate of drug-likeness (QED) is 0.321. The maximum atomic E-state index is 13.8. The van der Waals surface area contributed by atoms with Gasteiger partial charge in [0.05, 0.1) is 22.2 Å². The Morgan fingerprint density at radius 1 is 0.917 bits per heavy atom. The van der Waals surface area contributed by atoms with E-state index in [2.05, 4.69) is 10.2 Å². The number of anilines is 1. The molecule has 5 rings (SSSR count). The summed E-state index contributed by atoms with van der Waals surface area (Å²) in [4.78, 5) is 38.6. The number of nitrogens with zero attached hydrogens (tertiary/aromatic N) is 4. The number of non-ortho nitro benzene ring substituents is 1. The zero-order valence-corrected chi connectivity index (χ0v) is 19.7. The third-order valence-electron chi connectivity index (χ3n) is 6.40. The highest BCUT2D eigenvalue weighted by Crippen LogP contribution is 2.39. The number of aromatic nitrogens is 2. The molecule has 1 amide bonds. The normalized spacial score (nSPS) is 16.2. The molecule has 36 heavy (non-hydrogen) atoms. The van der Waals surface area contributed by atoms with Crippen LogP contribution in [0.4, 0.5) is 11.4 Å². The largest absolute Gasteiger partial charge is 0.295 e. The summed E-state index contributed by atoms with van der Waals surface area (Å²) < 4.78 is 1.43. The first-order valence-corrected chi connectivity index (χ1v) is 11.4. The minimum absolute atomic E-state index is 0.117. The van der Waals surface area contributed by atoms with E-state index in [0.717, 1.165) is 0 Å². The first-order chi connectivity index (χ1) is 17.4. The zero-order chi connectivity index (χ0) is 25.4. The van der Waals surface area contributed by atoms with Crippen LogP contribution in [0.2, 0.25) is 0 Å². The zero-order valence-electron chi connectivity index (χ0n) is 19.7. The fraction of sp³-hybridized carbons (Fsp3) is 0.148. The van der Waals surface area contributed by atoms with E-state index in [9.17, 15) is 19.7 Å². The van der Waals surface area contributed by atoms with E-state index in [1.165, 1.54) is 21.8 Å². The van der Waals surface area contributed by atoms with Gasteiger partial charge in [0.2, 0.25) is 0 Å². The summed E-state index contributed by atoms with van der Waals surface area (Å²) in [7, 11) is 0. The highest BCUT2D eigenvalue weighted by molar-refractivity contribution is 6.15. The van der Waals surface area contributed by atoms with E-state index >= 15 is 0 Å². The summed E-state index contributed by atoms with van der Waals surface area (Å²) in [5.41, 5.74) is 2.75. The molecule has 4 aromatic rings. The second-order valence-electron chi connectivity index (χ2n) is 8.66. The highest BCUT2D eigenvalue weighted by atomic mass is 16.6. The van der Waals surface area contributed by atoms with Crippen LogP contribution in [0.25, 0.3) is 5.69 Å². The first-order valence-electron chi connectivity index (χ1n) is 11.4. The SMILES string of the molecule is CC1=NN(c2ccccc2)C(=O)[C@@H]1[C@@H](c1cccc([N+](=O)[O-])c1)c1c(C)[nH]n(-c2ccccc2)c1=O. The first kappa shape index (κ1) is 23.0. The molecule has 9 nitrogen and oxygen atoms in total. The maximum absolute atomic E-state index is 13.8. The average Bonchev–Trinajstić information content (AvgIpc) is 3.36. The monoisotopic (exact) mass is 481 g/mol. The third-order valence-corrected chi connectivity index (χ3v) is 6.40. The van der Waals surface area contributed by atoms with Crippen LogP contribution in [0.3, 0.4) is 0 Å². The molecule has 0 saturated heterocycles. The number of nitro benzene ring substituents is 1. The van der Waals surface area contributed by atoms with Crippen LogP contribution in [0.1, 0.15) is 29.7 Å². The molecular weight excluding hydrogens is 458 g/mol. The fourth-order valence-electron chi connectivity index (χ4n) is 4.76. The van der Waals surface area contributed by atoms with Gasteiger partial charge in [-0.25, -0.2) is 9.69 Å².